The zero-order valence-electron chi connectivity index (χ0n) is 5.56. The van der Waals surface area contributed by atoms with E-state index in [9.17, 15) is 4.79 Å². The molecule has 0 aliphatic heterocycles. The summed E-state index contributed by atoms with van der Waals surface area (Å²) in [6.45, 7) is -1.40. The van der Waals surface area contributed by atoms with Crippen LogP contribution in [0.3, 0.4) is 0 Å². The van der Waals surface area contributed by atoms with Gasteiger partial charge in [-0.25, -0.2) is 4.79 Å². The van der Waals surface area contributed by atoms with Gasteiger partial charge in [0.1, 0.15) is 6.26 Å². The highest BCUT2D eigenvalue weighted by Gasteiger charge is 2.07. The molecule has 0 radical (unpaired) electrons. The summed E-state index contributed by atoms with van der Waals surface area (Å²) in [5.41, 5.74) is 0. The van der Waals surface area contributed by atoms with E-state index in [1.807, 2.05) is 0 Å². The largest absolute Gasteiger partial charge is 0.475 e. The van der Waals surface area contributed by atoms with Crippen molar-refractivity contribution in [2.24, 2.45) is 0 Å². The maximum Gasteiger partial charge on any atom is 0.374 e. The van der Waals surface area contributed by atoms with Crippen molar-refractivity contribution in [3.05, 3.63) is 12.0 Å². The first kappa shape index (κ1) is 9.73. The smallest absolute Gasteiger partial charge is 0.374 e. The van der Waals surface area contributed by atoms with Crippen molar-refractivity contribution in [1.29, 1.82) is 0 Å². The van der Waals surface area contributed by atoms with E-state index < -0.39 is 25.3 Å². The monoisotopic (exact) mass is 164 g/mol. The van der Waals surface area contributed by atoms with E-state index >= 15 is 0 Å². The van der Waals surface area contributed by atoms with Crippen LogP contribution in [-0.4, -0.2) is 34.9 Å². The second-order valence-electron chi connectivity index (χ2n) is 1.36. The molecule has 0 fully saturated rings. The Morgan fingerprint density at radius 3 is 2.36 bits per heavy atom. The Morgan fingerprint density at radius 2 is 2.00 bits per heavy atom. The molecule has 11 heavy (non-hydrogen) atoms. The number of aliphatic carboxylic acids is 1. The summed E-state index contributed by atoms with van der Waals surface area (Å²) in [7, 11) is 0. The molecular formula is C5H8O6. The lowest BCUT2D eigenvalue weighted by molar-refractivity contribution is -0.139. The number of carboxylic acid groups (broad SMARTS) is 1. The summed E-state index contributed by atoms with van der Waals surface area (Å²) >= 11 is 0. The number of rotatable bonds is 5. The lowest BCUT2D eigenvalue weighted by atomic mass is 10.6. The van der Waals surface area contributed by atoms with Gasteiger partial charge in [0, 0.05) is 0 Å². The molecule has 64 valence electrons. The maximum absolute atomic E-state index is 10.1. The summed E-state index contributed by atoms with van der Waals surface area (Å²) in [5, 5.41) is 24.5. The van der Waals surface area contributed by atoms with Crippen LogP contribution in [0.15, 0.2) is 12.0 Å². The zero-order chi connectivity index (χ0) is 8.69. The van der Waals surface area contributed by atoms with Gasteiger partial charge in [-0.15, -0.1) is 0 Å². The van der Waals surface area contributed by atoms with Crippen LogP contribution in [0.25, 0.3) is 0 Å². The Balaban J connectivity index is 3.97. The fourth-order valence-electron chi connectivity index (χ4n) is 0.329. The van der Waals surface area contributed by atoms with Gasteiger partial charge in [-0.3, -0.25) is 0 Å². The van der Waals surface area contributed by atoms with E-state index in [0.717, 1.165) is 0 Å². The fourth-order valence-corrected chi connectivity index (χ4v) is 0.329. The van der Waals surface area contributed by atoms with Gasteiger partial charge in [-0.05, 0) is 0 Å². The van der Waals surface area contributed by atoms with E-state index in [1.54, 1.807) is 0 Å². The number of aliphatic hydroxyl groups excluding tert-OH is 2. The number of carbonyl (C=O) groups is 1. The molecule has 0 aliphatic carbocycles. The lowest BCUT2D eigenvalue weighted by Crippen LogP contribution is -2.06. The zero-order valence-corrected chi connectivity index (χ0v) is 5.56. The molecule has 0 rings (SSSR count). The molecule has 0 atom stereocenters. The van der Waals surface area contributed by atoms with Crippen LogP contribution in [0, 0.1) is 0 Å². The van der Waals surface area contributed by atoms with Crippen molar-refractivity contribution in [3.63, 3.8) is 0 Å². The minimum absolute atomic E-state index is 0.568. The first-order valence-corrected chi connectivity index (χ1v) is 2.62. The van der Waals surface area contributed by atoms with Crippen LogP contribution >= 0.6 is 0 Å². The Hall–Kier alpha value is -1.27. The minimum Gasteiger partial charge on any atom is -0.475 e. The van der Waals surface area contributed by atoms with Gasteiger partial charge in [0.2, 0.25) is 5.76 Å². The average molecular weight is 164 g/mol. The van der Waals surface area contributed by atoms with Gasteiger partial charge in [-0.2, -0.15) is 0 Å². The highest BCUT2D eigenvalue weighted by molar-refractivity contribution is 5.83. The summed E-state index contributed by atoms with van der Waals surface area (Å²) in [6, 6.07) is 0. The van der Waals surface area contributed by atoms with Crippen LogP contribution in [0.1, 0.15) is 0 Å². The first-order valence-electron chi connectivity index (χ1n) is 2.62. The minimum atomic E-state index is -1.38. The molecule has 0 saturated heterocycles. The summed E-state index contributed by atoms with van der Waals surface area (Å²) in [4.78, 5) is 10.1. The van der Waals surface area contributed by atoms with Crippen molar-refractivity contribution < 1.29 is 29.6 Å². The molecule has 3 N–H and O–H groups in total. The number of hydrogen-bond donors (Lipinski definition) is 3. The Kier molecular flexibility index (Phi) is 4.87. The number of aliphatic hydroxyl groups is 2. The fraction of sp³-hybridized carbons (Fsp3) is 0.400. The molecule has 0 amide bonds. The topological polar surface area (TPSA) is 96.2 Å². The summed E-state index contributed by atoms with van der Waals surface area (Å²) < 4.78 is 8.37. The molecule has 0 aliphatic rings. The highest BCUT2D eigenvalue weighted by Crippen LogP contribution is 1.96. The molecule has 0 aromatic rings. The third kappa shape index (κ3) is 4.18. The van der Waals surface area contributed by atoms with E-state index in [4.69, 9.17) is 15.3 Å². The molecule has 0 spiro atoms. The van der Waals surface area contributed by atoms with Crippen molar-refractivity contribution in [2.75, 3.05) is 13.6 Å². The quantitative estimate of drug-likeness (QED) is 0.269. The molecule has 0 heterocycles. The van der Waals surface area contributed by atoms with Gasteiger partial charge >= 0.3 is 5.97 Å². The lowest BCUT2D eigenvalue weighted by Gasteiger charge is -2.01. The van der Waals surface area contributed by atoms with Crippen molar-refractivity contribution >= 4 is 5.97 Å². The second-order valence-corrected chi connectivity index (χ2v) is 1.36. The predicted molar refractivity (Wildman–Crippen MR) is 32.1 cm³/mol. The highest BCUT2D eigenvalue weighted by atomic mass is 16.6. The molecule has 0 aromatic carbocycles. The maximum atomic E-state index is 10.1. The van der Waals surface area contributed by atoms with Gasteiger partial charge in [-0.1, -0.05) is 0 Å². The second kappa shape index (κ2) is 5.51. The van der Waals surface area contributed by atoms with Crippen LogP contribution in [0.2, 0.25) is 0 Å². The SMILES string of the molecule is O=C(O)C(=COCO)OCO. The predicted octanol–water partition coefficient (Wildman–Crippen LogP) is -1.15. The van der Waals surface area contributed by atoms with E-state index in [0.29, 0.717) is 6.26 Å². The van der Waals surface area contributed by atoms with Crippen LogP contribution in [0.4, 0.5) is 0 Å². The van der Waals surface area contributed by atoms with Crippen LogP contribution in [-0.2, 0) is 14.3 Å². The van der Waals surface area contributed by atoms with Crippen LogP contribution in [0.5, 0.6) is 0 Å². The Bertz CT molecular complexity index is 151. The first-order chi connectivity index (χ1) is 5.22. The third-order valence-corrected chi connectivity index (χ3v) is 0.696. The number of ether oxygens (including phenoxy) is 2. The summed E-state index contributed by atoms with van der Waals surface area (Å²) in [5.74, 6) is -1.95. The standard InChI is InChI=1S/C5H8O6/c6-2-10-1-4(5(8)9)11-3-7/h1,6-7H,2-3H2,(H,8,9). The third-order valence-electron chi connectivity index (χ3n) is 0.696. The molecule has 6 heteroatoms. The Morgan fingerprint density at radius 1 is 1.36 bits per heavy atom. The molecular weight excluding hydrogens is 156 g/mol. The average Bonchev–Trinajstić information content (AvgIpc) is 1.97. The van der Waals surface area contributed by atoms with Gasteiger partial charge in [0.05, 0.1) is 0 Å². The van der Waals surface area contributed by atoms with Crippen LogP contribution < -0.4 is 0 Å². The molecule has 0 aromatic heterocycles. The molecule has 6 nitrogen and oxygen atoms in total. The van der Waals surface area contributed by atoms with Crippen molar-refractivity contribution in [3.8, 4) is 0 Å². The van der Waals surface area contributed by atoms with E-state index in [1.165, 1.54) is 0 Å². The van der Waals surface area contributed by atoms with Gasteiger partial charge < -0.3 is 24.8 Å². The normalized spacial score (nSPS) is 10.9. The molecule has 0 saturated carbocycles. The Labute approximate surface area is 62.3 Å². The van der Waals surface area contributed by atoms with Gasteiger partial charge in [0.25, 0.3) is 0 Å². The van der Waals surface area contributed by atoms with E-state index in [2.05, 4.69) is 9.47 Å². The molecule has 0 bridgehead atoms. The van der Waals surface area contributed by atoms with E-state index in [-0.39, 0.29) is 0 Å². The van der Waals surface area contributed by atoms with Crippen molar-refractivity contribution in [2.45, 2.75) is 0 Å². The van der Waals surface area contributed by atoms with Crippen molar-refractivity contribution in [1.82, 2.24) is 0 Å². The number of hydrogen-bond acceptors (Lipinski definition) is 5. The molecule has 0 unspecified atom stereocenters. The van der Waals surface area contributed by atoms with Gasteiger partial charge in [0.15, 0.2) is 13.6 Å². The number of carboxylic acids is 1. The summed E-state index contributed by atoms with van der Waals surface area (Å²) in [6.07, 6.45) is 0.693.